The van der Waals surface area contributed by atoms with Crippen LogP contribution in [0.5, 0.6) is 0 Å². The monoisotopic (exact) mass is 840 g/mol. The van der Waals surface area contributed by atoms with Gasteiger partial charge in [-0.25, -0.2) is 0 Å². The van der Waals surface area contributed by atoms with E-state index in [0.717, 1.165) is 39.4 Å². The Morgan fingerprint density at radius 1 is 0.242 bits per heavy atom. The van der Waals surface area contributed by atoms with Crippen molar-refractivity contribution in [2.24, 2.45) is 0 Å². The zero-order chi connectivity index (χ0) is 43.8. The van der Waals surface area contributed by atoms with Gasteiger partial charge in [-0.15, -0.1) is 0 Å². The largest absolute Gasteiger partial charge is 0.310 e. The summed E-state index contributed by atoms with van der Waals surface area (Å²) in [7, 11) is 0. The van der Waals surface area contributed by atoms with Crippen LogP contribution in [0, 0.1) is 0 Å². The Morgan fingerprint density at radius 2 is 0.727 bits per heavy atom. The molecule has 0 aliphatic heterocycles. The Bertz CT molecular complexity index is 3630. The van der Waals surface area contributed by atoms with E-state index in [4.69, 9.17) is 0 Å². The van der Waals surface area contributed by atoms with Gasteiger partial charge in [-0.2, -0.15) is 0 Å². The maximum Gasteiger partial charge on any atom is 0.0541 e. The first kappa shape index (κ1) is 38.9. The van der Waals surface area contributed by atoms with E-state index in [-0.39, 0.29) is 0 Å². The highest BCUT2D eigenvalue weighted by molar-refractivity contribution is 6.10. The lowest BCUT2D eigenvalue weighted by molar-refractivity contribution is 1.18. The molecule has 12 aromatic rings. The Morgan fingerprint density at radius 3 is 1.44 bits per heavy atom. The average Bonchev–Trinajstić information content (AvgIpc) is 3.74. The van der Waals surface area contributed by atoms with Gasteiger partial charge in [0.2, 0.25) is 0 Å². The molecule has 0 aliphatic carbocycles. The second kappa shape index (κ2) is 16.8. The molecule has 0 amide bonds. The lowest BCUT2D eigenvalue weighted by Gasteiger charge is -2.28. The number of rotatable bonds is 9. The van der Waals surface area contributed by atoms with Crippen LogP contribution in [0.3, 0.4) is 0 Å². The predicted molar refractivity (Wildman–Crippen MR) is 280 cm³/mol. The van der Waals surface area contributed by atoms with E-state index in [1.807, 2.05) is 0 Å². The van der Waals surface area contributed by atoms with Crippen molar-refractivity contribution in [3.05, 3.63) is 267 Å². The molecule has 310 valence electrons. The third kappa shape index (κ3) is 7.12. The van der Waals surface area contributed by atoms with Gasteiger partial charge in [-0.3, -0.25) is 0 Å². The number of aromatic nitrogens is 1. The maximum atomic E-state index is 2.43. The zero-order valence-electron chi connectivity index (χ0n) is 36.3. The van der Waals surface area contributed by atoms with Crippen LogP contribution < -0.4 is 4.90 Å². The number of hydrogen-bond donors (Lipinski definition) is 0. The minimum absolute atomic E-state index is 1.07. The minimum atomic E-state index is 1.07. The van der Waals surface area contributed by atoms with Crippen molar-refractivity contribution in [3.8, 4) is 61.3 Å². The summed E-state index contributed by atoms with van der Waals surface area (Å²) in [5, 5.41) is 5.00. The van der Waals surface area contributed by atoms with Gasteiger partial charge in [0.25, 0.3) is 0 Å². The molecule has 0 unspecified atom stereocenters. The molecule has 0 spiro atoms. The lowest BCUT2D eigenvalue weighted by Crippen LogP contribution is -2.10. The summed E-state index contributed by atoms with van der Waals surface area (Å²) in [6, 6.07) is 97.0. The van der Waals surface area contributed by atoms with E-state index < -0.39 is 0 Å². The second-order valence-corrected chi connectivity index (χ2v) is 16.9. The SMILES string of the molecule is c1ccc(-c2ccc(N(c3cccc(-c4ccc(-c5ccc6ccccc6c5)cc4)c3)c3ccc(-c4ccccc4-n4c5ccccc5c5ccccc54)c(-c4ccccc4)c3)cc2)cc1. The van der Waals surface area contributed by atoms with Gasteiger partial charge in [0.05, 0.1) is 16.7 Å². The summed E-state index contributed by atoms with van der Waals surface area (Å²) in [4.78, 5) is 2.40. The summed E-state index contributed by atoms with van der Waals surface area (Å²) in [5.74, 6) is 0. The van der Waals surface area contributed by atoms with Crippen LogP contribution in [0.25, 0.3) is 93.9 Å². The predicted octanol–water partition coefficient (Wildman–Crippen LogP) is 17.7. The third-order valence-electron chi connectivity index (χ3n) is 13.0. The fourth-order valence-electron chi connectivity index (χ4n) is 9.77. The summed E-state index contributed by atoms with van der Waals surface area (Å²) in [6.07, 6.45) is 0. The van der Waals surface area contributed by atoms with Crippen molar-refractivity contribution in [1.82, 2.24) is 4.57 Å². The molecular weight excluding hydrogens is 797 g/mol. The normalized spacial score (nSPS) is 11.3. The fraction of sp³-hybridized carbons (Fsp3) is 0. The highest BCUT2D eigenvalue weighted by atomic mass is 15.1. The van der Waals surface area contributed by atoms with E-state index in [1.165, 1.54) is 71.5 Å². The van der Waals surface area contributed by atoms with Gasteiger partial charge >= 0.3 is 0 Å². The van der Waals surface area contributed by atoms with Crippen molar-refractivity contribution in [2.45, 2.75) is 0 Å². The molecule has 1 heterocycles. The number of hydrogen-bond acceptors (Lipinski definition) is 1. The molecule has 2 nitrogen and oxygen atoms in total. The van der Waals surface area contributed by atoms with Crippen LogP contribution in [0.15, 0.2) is 267 Å². The van der Waals surface area contributed by atoms with E-state index in [0.29, 0.717) is 0 Å². The first-order chi connectivity index (χ1) is 32.7. The van der Waals surface area contributed by atoms with Crippen molar-refractivity contribution >= 4 is 49.6 Å². The van der Waals surface area contributed by atoms with Crippen molar-refractivity contribution in [3.63, 3.8) is 0 Å². The quantitative estimate of drug-likeness (QED) is 0.141. The maximum absolute atomic E-state index is 2.43. The fourth-order valence-corrected chi connectivity index (χ4v) is 9.77. The van der Waals surface area contributed by atoms with Gasteiger partial charge in [0, 0.05) is 33.4 Å². The van der Waals surface area contributed by atoms with Gasteiger partial charge in [0.1, 0.15) is 0 Å². The molecule has 0 radical (unpaired) electrons. The summed E-state index contributed by atoms with van der Waals surface area (Å²) >= 11 is 0. The molecule has 0 saturated carbocycles. The minimum Gasteiger partial charge on any atom is -0.310 e. The molecular formula is C64H44N2. The van der Waals surface area contributed by atoms with Gasteiger partial charge in [-0.1, -0.05) is 206 Å². The number of nitrogens with zero attached hydrogens (tertiary/aromatic N) is 2. The average molecular weight is 841 g/mol. The highest BCUT2D eigenvalue weighted by Gasteiger charge is 2.21. The van der Waals surface area contributed by atoms with E-state index in [1.54, 1.807) is 0 Å². The lowest BCUT2D eigenvalue weighted by atomic mass is 9.92. The van der Waals surface area contributed by atoms with Crippen molar-refractivity contribution in [1.29, 1.82) is 0 Å². The van der Waals surface area contributed by atoms with E-state index in [2.05, 4.69) is 276 Å². The van der Waals surface area contributed by atoms with Crippen LogP contribution in [-0.4, -0.2) is 4.57 Å². The standard InChI is InChI=1S/C64H44N2/c1-3-16-45(17-4-1)47-36-38-54(39-37-47)65(55-23-15-22-52(43-55)48-30-32-49(33-31-48)53-35-34-46-18-7-8-21-51(46)42-53)56-40-41-57(61(44-56)50-19-5-2-6-20-50)58-24-9-12-27-62(58)66-63-28-13-10-25-59(63)60-26-11-14-29-64(60)66/h1-44H. The van der Waals surface area contributed by atoms with Gasteiger partial charge in [0.15, 0.2) is 0 Å². The van der Waals surface area contributed by atoms with Crippen LogP contribution in [0.4, 0.5) is 17.1 Å². The molecule has 0 N–H and O–H groups in total. The molecule has 11 aromatic carbocycles. The molecule has 2 heteroatoms. The second-order valence-electron chi connectivity index (χ2n) is 16.9. The van der Waals surface area contributed by atoms with Crippen LogP contribution >= 0.6 is 0 Å². The Kier molecular flexibility index (Phi) is 9.89. The molecule has 66 heavy (non-hydrogen) atoms. The first-order valence-corrected chi connectivity index (χ1v) is 22.7. The molecule has 0 atom stereocenters. The van der Waals surface area contributed by atoms with Crippen LogP contribution in [0.2, 0.25) is 0 Å². The number of para-hydroxylation sites is 3. The molecule has 12 rings (SSSR count). The van der Waals surface area contributed by atoms with Crippen LogP contribution in [-0.2, 0) is 0 Å². The number of fused-ring (bicyclic) bond motifs is 4. The van der Waals surface area contributed by atoms with Crippen molar-refractivity contribution in [2.75, 3.05) is 4.90 Å². The summed E-state index contributed by atoms with van der Waals surface area (Å²) in [6.45, 7) is 0. The third-order valence-corrected chi connectivity index (χ3v) is 13.0. The highest BCUT2D eigenvalue weighted by Crippen LogP contribution is 2.44. The molecule has 0 saturated heterocycles. The van der Waals surface area contributed by atoms with E-state index >= 15 is 0 Å². The molecule has 0 fully saturated rings. The first-order valence-electron chi connectivity index (χ1n) is 22.7. The Hall–Kier alpha value is -8.72. The number of anilines is 3. The zero-order valence-corrected chi connectivity index (χ0v) is 36.3. The van der Waals surface area contributed by atoms with E-state index in [9.17, 15) is 0 Å². The summed E-state index contributed by atoms with van der Waals surface area (Å²) < 4.78 is 2.43. The molecule has 0 aliphatic rings. The topological polar surface area (TPSA) is 8.17 Å². The smallest absolute Gasteiger partial charge is 0.0541 e. The van der Waals surface area contributed by atoms with Gasteiger partial charge < -0.3 is 9.47 Å². The Balaban J connectivity index is 0.999. The molecule has 0 bridgehead atoms. The summed E-state index contributed by atoms with van der Waals surface area (Å²) in [5.41, 5.74) is 18.5. The van der Waals surface area contributed by atoms with Crippen LogP contribution in [0.1, 0.15) is 0 Å². The number of benzene rings is 11. The molecule has 1 aromatic heterocycles. The van der Waals surface area contributed by atoms with Gasteiger partial charge in [-0.05, 0) is 122 Å². The Labute approximate surface area is 385 Å². The van der Waals surface area contributed by atoms with Crippen molar-refractivity contribution < 1.29 is 0 Å².